The maximum atomic E-state index is 11.7. The predicted molar refractivity (Wildman–Crippen MR) is 110 cm³/mol. The molecule has 0 unspecified atom stereocenters. The van der Waals surface area contributed by atoms with Gasteiger partial charge in [-0.3, -0.25) is 4.79 Å². The van der Waals surface area contributed by atoms with E-state index in [4.69, 9.17) is 34.4 Å². The first-order valence-corrected chi connectivity index (χ1v) is 8.89. The fraction of sp³-hybridized carbons (Fsp3) is 0.105. The molecule has 0 aliphatic heterocycles. The normalized spacial score (nSPS) is 10.3. The number of phenolic OH excluding ortho intramolecular Hbond substituents is 1. The maximum Gasteiger partial charge on any atom is 0.239 e. The zero-order valence-corrected chi connectivity index (χ0v) is 15.9. The van der Waals surface area contributed by atoms with Gasteiger partial charge in [0.15, 0.2) is 0 Å². The zero-order chi connectivity index (χ0) is 20.1. The quantitative estimate of drug-likeness (QED) is 0.416. The first-order chi connectivity index (χ1) is 13.5. The van der Waals surface area contributed by atoms with Crippen LogP contribution in [0.5, 0.6) is 11.5 Å². The minimum atomic E-state index is -0.398. The number of benzene rings is 2. The fourth-order valence-corrected chi connectivity index (χ4v) is 2.67. The van der Waals surface area contributed by atoms with Crippen molar-refractivity contribution in [2.24, 2.45) is 0 Å². The Bertz CT molecular complexity index is 1080. The Morgan fingerprint density at radius 1 is 1.25 bits per heavy atom. The molecule has 2 aromatic carbocycles. The average molecular weight is 417 g/mol. The number of anilines is 3. The zero-order valence-electron chi connectivity index (χ0n) is 14.4. The van der Waals surface area contributed by atoms with Gasteiger partial charge in [-0.1, -0.05) is 17.5 Å². The summed E-state index contributed by atoms with van der Waals surface area (Å²) in [5.74, 6) is 2.58. The summed E-state index contributed by atoms with van der Waals surface area (Å²) < 4.78 is 5.54. The van der Waals surface area contributed by atoms with Crippen LogP contribution in [0.1, 0.15) is 0 Å². The predicted octanol–water partition coefficient (Wildman–Crippen LogP) is 3.92. The van der Waals surface area contributed by atoms with Crippen LogP contribution in [0.25, 0.3) is 10.9 Å². The third-order valence-electron chi connectivity index (χ3n) is 3.65. The number of amides is 1. The first-order valence-electron chi connectivity index (χ1n) is 7.98. The van der Waals surface area contributed by atoms with E-state index in [-0.39, 0.29) is 18.2 Å². The molecule has 0 aliphatic rings. The summed E-state index contributed by atoms with van der Waals surface area (Å²) in [4.78, 5) is 20.2. The molecular weight excluding hydrogens is 403 g/mol. The summed E-state index contributed by atoms with van der Waals surface area (Å²) in [6.07, 6.45) is 6.63. The van der Waals surface area contributed by atoms with Crippen molar-refractivity contribution in [1.29, 1.82) is 0 Å². The van der Waals surface area contributed by atoms with Gasteiger partial charge in [0.1, 0.15) is 36.1 Å². The number of phenols is 1. The monoisotopic (exact) mass is 416 g/mol. The molecular formula is C19H14Cl2N4O3. The second kappa shape index (κ2) is 8.65. The number of rotatable bonds is 6. The number of hydrogen-bond acceptors (Lipinski definition) is 6. The van der Waals surface area contributed by atoms with E-state index in [0.29, 0.717) is 38.9 Å². The number of halogens is 2. The molecule has 1 aromatic heterocycles. The van der Waals surface area contributed by atoms with Gasteiger partial charge in [-0.2, -0.15) is 0 Å². The summed E-state index contributed by atoms with van der Waals surface area (Å²) >= 11 is 11.7. The van der Waals surface area contributed by atoms with Gasteiger partial charge in [0.05, 0.1) is 21.9 Å². The Morgan fingerprint density at radius 3 is 2.82 bits per heavy atom. The van der Waals surface area contributed by atoms with E-state index < -0.39 is 5.91 Å². The van der Waals surface area contributed by atoms with E-state index in [1.807, 2.05) is 0 Å². The van der Waals surface area contributed by atoms with Crippen LogP contribution >= 0.6 is 23.2 Å². The molecule has 3 rings (SSSR count). The van der Waals surface area contributed by atoms with Gasteiger partial charge >= 0.3 is 0 Å². The van der Waals surface area contributed by atoms with Crippen LogP contribution in [0.15, 0.2) is 36.7 Å². The van der Waals surface area contributed by atoms with Gasteiger partial charge in [-0.05, 0) is 24.3 Å². The highest BCUT2D eigenvalue weighted by molar-refractivity contribution is 6.33. The Morgan fingerprint density at radius 2 is 2.07 bits per heavy atom. The molecule has 7 nitrogen and oxygen atoms in total. The SMILES string of the molecule is C#CCOc1cc2c(Nc3cc(O)ccc3Cl)ncnc2cc1NC(=O)CCl. The summed E-state index contributed by atoms with van der Waals surface area (Å²) in [5, 5.41) is 16.4. The van der Waals surface area contributed by atoms with Crippen molar-refractivity contribution >= 4 is 57.2 Å². The van der Waals surface area contributed by atoms with Crippen molar-refractivity contribution in [1.82, 2.24) is 9.97 Å². The number of nitrogens with one attached hydrogen (secondary N) is 2. The summed E-state index contributed by atoms with van der Waals surface area (Å²) in [6, 6.07) is 7.78. The van der Waals surface area contributed by atoms with Gasteiger partial charge in [-0.25, -0.2) is 9.97 Å². The molecule has 9 heteroatoms. The third kappa shape index (κ3) is 4.36. The number of aromatic hydroxyl groups is 1. The number of carbonyl (C=O) groups excluding carboxylic acids is 1. The second-order valence-corrected chi connectivity index (χ2v) is 6.23. The molecule has 142 valence electrons. The van der Waals surface area contributed by atoms with Gasteiger partial charge in [-0.15, -0.1) is 18.0 Å². The van der Waals surface area contributed by atoms with Crippen LogP contribution in [0.4, 0.5) is 17.2 Å². The van der Waals surface area contributed by atoms with Crippen LogP contribution < -0.4 is 15.4 Å². The lowest BCUT2D eigenvalue weighted by atomic mass is 10.2. The molecule has 1 heterocycles. The van der Waals surface area contributed by atoms with Crippen LogP contribution in [0.2, 0.25) is 5.02 Å². The van der Waals surface area contributed by atoms with Gasteiger partial charge in [0, 0.05) is 11.5 Å². The number of hydrogen-bond donors (Lipinski definition) is 3. The molecule has 0 atom stereocenters. The Balaban J connectivity index is 2.08. The highest BCUT2D eigenvalue weighted by atomic mass is 35.5. The molecule has 0 spiro atoms. The molecule has 0 radical (unpaired) electrons. The smallest absolute Gasteiger partial charge is 0.239 e. The molecule has 28 heavy (non-hydrogen) atoms. The molecule has 0 saturated carbocycles. The van der Waals surface area contributed by atoms with Gasteiger partial charge < -0.3 is 20.5 Å². The van der Waals surface area contributed by atoms with E-state index >= 15 is 0 Å². The van der Waals surface area contributed by atoms with Crippen molar-refractivity contribution in [3.05, 3.63) is 41.7 Å². The number of aromatic nitrogens is 2. The van der Waals surface area contributed by atoms with Crippen LogP contribution in [0.3, 0.4) is 0 Å². The topological polar surface area (TPSA) is 96.4 Å². The van der Waals surface area contributed by atoms with E-state index in [2.05, 4.69) is 26.5 Å². The summed E-state index contributed by atoms with van der Waals surface area (Å²) in [6.45, 7) is 0.00406. The Kier molecular flexibility index (Phi) is 6.04. The third-order valence-corrected chi connectivity index (χ3v) is 4.22. The maximum absolute atomic E-state index is 11.7. The van der Waals surface area contributed by atoms with E-state index in [1.54, 1.807) is 18.2 Å². The molecule has 0 bridgehead atoms. The minimum absolute atomic E-state index is 0.00406. The van der Waals surface area contributed by atoms with E-state index in [0.717, 1.165) is 0 Å². The second-order valence-electron chi connectivity index (χ2n) is 5.55. The van der Waals surface area contributed by atoms with Gasteiger partial charge in [0.25, 0.3) is 0 Å². The van der Waals surface area contributed by atoms with Crippen LogP contribution in [-0.2, 0) is 4.79 Å². The summed E-state index contributed by atoms with van der Waals surface area (Å²) in [5.41, 5.74) is 1.38. The number of carbonyl (C=O) groups is 1. The molecule has 0 saturated heterocycles. The lowest BCUT2D eigenvalue weighted by Gasteiger charge is -2.14. The van der Waals surface area contributed by atoms with E-state index in [9.17, 15) is 9.90 Å². The van der Waals surface area contributed by atoms with Crippen LogP contribution in [0, 0.1) is 12.3 Å². The average Bonchev–Trinajstić information content (AvgIpc) is 2.69. The molecule has 3 N–H and O–H groups in total. The molecule has 1 amide bonds. The largest absolute Gasteiger partial charge is 0.508 e. The Labute approximate surface area is 170 Å². The Hall–Kier alpha value is -3.21. The highest BCUT2D eigenvalue weighted by Crippen LogP contribution is 2.35. The lowest BCUT2D eigenvalue weighted by Crippen LogP contribution is -2.14. The van der Waals surface area contributed by atoms with Crippen molar-refractivity contribution in [2.75, 3.05) is 23.1 Å². The number of fused-ring (bicyclic) bond motifs is 1. The lowest BCUT2D eigenvalue weighted by molar-refractivity contribution is -0.113. The molecule has 3 aromatic rings. The minimum Gasteiger partial charge on any atom is -0.508 e. The van der Waals surface area contributed by atoms with Crippen molar-refractivity contribution in [3.8, 4) is 23.8 Å². The highest BCUT2D eigenvalue weighted by Gasteiger charge is 2.14. The number of alkyl halides is 1. The molecule has 0 fully saturated rings. The fourth-order valence-electron chi connectivity index (χ4n) is 2.44. The van der Waals surface area contributed by atoms with Crippen molar-refractivity contribution in [2.45, 2.75) is 0 Å². The number of ether oxygens (including phenoxy) is 1. The molecule has 0 aliphatic carbocycles. The standard InChI is InChI=1S/C19H14Cl2N4O3/c1-2-5-28-17-7-12-14(8-16(17)24-18(27)9-20)22-10-23-19(12)25-15-6-11(26)3-4-13(15)21/h1,3-4,6-8,10,26H,5,9H2,(H,24,27)(H,22,23,25). The number of nitrogens with zero attached hydrogens (tertiary/aromatic N) is 2. The summed E-state index contributed by atoms with van der Waals surface area (Å²) in [7, 11) is 0. The van der Waals surface area contributed by atoms with E-state index in [1.165, 1.54) is 18.5 Å². The number of terminal acetylenes is 1. The van der Waals surface area contributed by atoms with Crippen LogP contribution in [-0.4, -0.2) is 33.5 Å². The first kappa shape index (κ1) is 19.5. The van der Waals surface area contributed by atoms with Gasteiger partial charge in [0.2, 0.25) is 5.91 Å². The van der Waals surface area contributed by atoms with Crippen molar-refractivity contribution in [3.63, 3.8) is 0 Å². The van der Waals surface area contributed by atoms with Crippen molar-refractivity contribution < 1.29 is 14.6 Å².